The molecule has 0 aromatic heterocycles. The molecule has 16 heavy (non-hydrogen) atoms. The van der Waals surface area contributed by atoms with Gasteiger partial charge < -0.3 is 9.47 Å². The van der Waals surface area contributed by atoms with Gasteiger partial charge in [-0.1, -0.05) is 23.2 Å². The van der Waals surface area contributed by atoms with Crippen LogP contribution < -0.4 is 4.74 Å². The second-order valence-electron chi connectivity index (χ2n) is 2.60. The molecule has 0 aliphatic rings. The van der Waals surface area contributed by atoms with Crippen LogP contribution >= 0.6 is 23.2 Å². The Bertz CT molecular complexity index is 410. The van der Waals surface area contributed by atoms with Crippen molar-refractivity contribution in [1.82, 2.24) is 0 Å². The van der Waals surface area contributed by atoms with Crippen molar-refractivity contribution in [3.8, 4) is 5.75 Å². The van der Waals surface area contributed by atoms with Crippen LogP contribution in [0.3, 0.4) is 0 Å². The largest absolute Gasteiger partial charge is 0.465 e. The van der Waals surface area contributed by atoms with Gasteiger partial charge in [-0.05, 0) is 12.1 Å². The fourth-order valence-corrected chi connectivity index (χ4v) is 1.46. The number of methoxy groups -OCH3 is 1. The summed E-state index contributed by atoms with van der Waals surface area (Å²) < 4.78 is 32.7. The Labute approximate surface area is 99.9 Å². The molecule has 1 aromatic rings. The first-order valence-electron chi connectivity index (χ1n) is 3.98. The maximum atomic E-state index is 12.1. The third-order valence-corrected chi connectivity index (χ3v) is 2.27. The Kier molecular flexibility index (Phi) is 4.32. The van der Waals surface area contributed by atoms with Gasteiger partial charge in [0.2, 0.25) is 0 Å². The third-order valence-electron chi connectivity index (χ3n) is 1.66. The lowest BCUT2D eigenvalue weighted by molar-refractivity contribution is -0.0503. The molecule has 0 radical (unpaired) electrons. The Morgan fingerprint density at radius 3 is 2.38 bits per heavy atom. The minimum atomic E-state index is -3.11. The lowest BCUT2D eigenvalue weighted by Gasteiger charge is -2.12. The SMILES string of the molecule is COC(=O)c1c(Cl)ccc(Cl)c1OC(F)F. The van der Waals surface area contributed by atoms with Crippen LogP contribution in [0.15, 0.2) is 12.1 Å². The molecule has 0 atom stereocenters. The van der Waals surface area contributed by atoms with E-state index in [0.717, 1.165) is 7.11 Å². The number of esters is 1. The average Bonchev–Trinajstić information content (AvgIpc) is 2.22. The van der Waals surface area contributed by atoms with Crippen LogP contribution in [0.25, 0.3) is 0 Å². The van der Waals surface area contributed by atoms with Crippen molar-refractivity contribution in [3.05, 3.63) is 27.7 Å². The van der Waals surface area contributed by atoms with Crippen molar-refractivity contribution in [1.29, 1.82) is 0 Å². The van der Waals surface area contributed by atoms with Gasteiger partial charge in [-0.25, -0.2) is 4.79 Å². The van der Waals surface area contributed by atoms with Crippen molar-refractivity contribution in [2.24, 2.45) is 0 Å². The minimum Gasteiger partial charge on any atom is -0.465 e. The maximum absolute atomic E-state index is 12.1. The number of halogens is 4. The smallest absolute Gasteiger partial charge is 0.387 e. The van der Waals surface area contributed by atoms with Gasteiger partial charge in [0.05, 0.1) is 17.2 Å². The van der Waals surface area contributed by atoms with Crippen molar-refractivity contribution in [3.63, 3.8) is 0 Å². The van der Waals surface area contributed by atoms with E-state index in [1.54, 1.807) is 0 Å². The Morgan fingerprint density at radius 2 is 1.88 bits per heavy atom. The van der Waals surface area contributed by atoms with E-state index >= 15 is 0 Å². The van der Waals surface area contributed by atoms with Crippen LogP contribution in [0, 0.1) is 0 Å². The number of rotatable bonds is 3. The summed E-state index contributed by atoms with van der Waals surface area (Å²) >= 11 is 11.3. The molecule has 1 rings (SSSR count). The van der Waals surface area contributed by atoms with Crippen molar-refractivity contribution in [2.45, 2.75) is 6.61 Å². The first kappa shape index (κ1) is 13.0. The summed E-state index contributed by atoms with van der Waals surface area (Å²) in [5.74, 6) is -1.39. The van der Waals surface area contributed by atoms with Gasteiger partial charge in [0.15, 0.2) is 5.75 Å². The molecule has 0 saturated carbocycles. The predicted molar refractivity (Wildman–Crippen MR) is 54.4 cm³/mol. The lowest BCUT2D eigenvalue weighted by Crippen LogP contribution is -2.10. The van der Waals surface area contributed by atoms with Crippen LogP contribution in [0.5, 0.6) is 5.75 Å². The van der Waals surface area contributed by atoms with Crippen LogP contribution in [0.2, 0.25) is 10.0 Å². The molecule has 0 spiro atoms. The van der Waals surface area contributed by atoms with Crippen molar-refractivity contribution >= 4 is 29.2 Å². The van der Waals surface area contributed by atoms with E-state index in [9.17, 15) is 13.6 Å². The molecule has 1 aromatic carbocycles. The van der Waals surface area contributed by atoms with Crippen molar-refractivity contribution in [2.75, 3.05) is 7.11 Å². The van der Waals surface area contributed by atoms with E-state index in [4.69, 9.17) is 23.2 Å². The molecule has 88 valence electrons. The first-order chi connectivity index (χ1) is 7.47. The maximum Gasteiger partial charge on any atom is 0.387 e. The Morgan fingerprint density at radius 1 is 1.31 bits per heavy atom. The summed E-state index contributed by atoms with van der Waals surface area (Å²) in [6.45, 7) is -3.11. The fraction of sp³-hybridized carbons (Fsp3) is 0.222. The molecule has 0 aliphatic carbocycles. The monoisotopic (exact) mass is 270 g/mol. The average molecular weight is 271 g/mol. The summed E-state index contributed by atoms with van der Waals surface area (Å²) in [5, 5.41) is -0.225. The molecule has 3 nitrogen and oxygen atoms in total. The summed E-state index contributed by atoms with van der Waals surface area (Å²) in [7, 11) is 1.09. The zero-order valence-electron chi connectivity index (χ0n) is 7.97. The number of carbonyl (C=O) groups is 1. The van der Waals surface area contributed by atoms with Gasteiger partial charge in [-0.2, -0.15) is 8.78 Å². The van der Waals surface area contributed by atoms with Crippen LogP contribution in [0.4, 0.5) is 8.78 Å². The topological polar surface area (TPSA) is 35.5 Å². The number of ether oxygens (including phenoxy) is 2. The molecular formula is C9H6Cl2F2O3. The van der Waals surface area contributed by atoms with E-state index in [1.807, 2.05) is 0 Å². The van der Waals surface area contributed by atoms with Gasteiger partial charge in [0.1, 0.15) is 5.56 Å². The number of hydrogen-bond donors (Lipinski definition) is 0. The molecular weight excluding hydrogens is 265 g/mol. The van der Waals surface area contributed by atoms with Crippen LogP contribution in [0.1, 0.15) is 10.4 Å². The van der Waals surface area contributed by atoms with E-state index in [2.05, 4.69) is 9.47 Å². The van der Waals surface area contributed by atoms with Gasteiger partial charge in [-0.3, -0.25) is 0 Å². The standard InChI is InChI=1S/C9H6Cl2F2O3/c1-15-8(14)6-4(10)2-3-5(11)7(6)16-9(12)13/h2-3,9H,1H3. The molecule has 0 saturated heterocycles. The molecule has 0 bridgehead atoms. The Hall–Kier alpha value is -1.07. The van der Waals surface area contributed by atoms with Crippen LogP contribution in [-0.4, -0.2) is 19.7 Å². The summed E-state index contributed by atoms with van der Waals surface area (Å²) in [6, 6.07) is 2.53. The highest BCUT2D eigenvalue weighted by Gasteiger charge is 2.22. The molecule has 0 heterocycles. The van der Waals surface area contributed by atoms with Gasteiger partial charge in [-0.15, -0.1) is 0 Å². The molecule has 0 unspecified atom stereocenters. The predicted octanol–water partition coefficient (Wildman–Crippen LogP) is 3.38. The summed E-state index contributed by atoms with van der Waals surface area (Å²) in [4.78, 5) is 11.3. The quantitative estimate of drug-likeness (QED) is 0.790. The van der Waals surface area contributed by atoms with Crippen LogP contribution in [-0.2, 0) is 4.74 Å². The lowest BCUT2D eigenvalue weighted by atomic mass is 10.2. The number of carbonyl (C=O) groups excluding carboxylic acids is 1. The van der Waals surface area contributed by atoms with E-state index in [0.29, 0.717) is 0 Å². The molecule has 0 fully saturated rings. The minimum absolute atomic E-state index is 0.0769. The molecule has 0 aliphatic heterocycles. The first-order valence-corrected chi connectivity index (χ1v) is 4.74. The second kappa shape index (κ2) is 5.32. The van der Waals surface area contributed by atoms with E-state index in [-0.39, 0.29) is 15.6 Å². The third kappa shape index (κ3) is 2.74. The highest BCUT2D eigenvalue weighted by molar-refractivity contribution is 6.37. The van der Waals surface area contributed by atoms with Crippen molar-refractivity contribution < 1.29 is 23.0 Å². The second-order valence-corrected chi connectivity index (χ2v) is 3.42. The number of benzene rings is 1. The number of hydrogen-bond acceptors (Lipinski definition) is 3. The van der Waals surface area contributed by atoms with Gasteiger partial charge in [0.25, 0.3) is 0 Å². The van der Waals surface area contributed by atoms with Gasteiger partial charge in [0, 0.05) is 0 Å². The fourth-order valence-electron chi connectivity index (χ4n) is 1.03. The molecule has 7 heteroatoms. The zero-order chi connectivity index (χ0) is 12.3. The normalized spacial score (nSPS) is 10.4. The summed E-state index contributed by atoms with van der Waals surface area (Å²) in [6.07, 6.45) is 0. The highest BCUT2D eigenvalue weighted by atomic mass is 35.5. The van der Waals surface area contributed by atoms with E-state index in [1.165, 1.54) is 12.1 Å². The summed E-state index contributed by atoms with van der Waals surface area (Å²) in [5.41, 5.74) is -0.322. The van der Waals surface area contributed by atoms with Gasteiger partial charge >= 0.3 is 12.6 Å². The molecule has 0 amide bonds. The zero-order valence-corrected chi connectivity index (χ0v) is 9.48. The highest BCUT2D eigenvalue weighted by Crippen LogP contribution is 2.35. The Balaban J connectivity index is 3.31. The van der Waals surface area contributed by atoms with E-state index < -0.39 is 18.3 Å². The number of alkyl halides is 2. The molecule has 0 N–H and O–H groups in total.